The molecule has 3 aromatic rings. The van der Waals surface area contributed by atoms with Gasteiger partial charge in [-0.3, -0.25) is 9.59 Å². The van der Waals surface area contributed by atoms with Crippen molar-refractivity contribution >= 4 is 28.8 Å². The van der Waals surface area contributed by atoms with Crippen LogP contribution in [0.15, 0.2) is 29.2 Å². The summed E-state index contributed by atoms with van der Waals surface area (Å²) in [6.07, 6.45) is 2.32. The van der Waals surface area contributed by atoms with Crippen molar-refractivity contribution in [3.05, 3.63) is 62.2 Å². The highest BCUT2D eigenvalue weighted by atomic mass is 35.5. The molecule has 0 unspecified atom stereocenters. The third-order valence-electron chi connectivity index (χ3n) is 6.59. The molecule has 0 radical (unpaired) electrons. The third kappa shape index (κ3) is 3.38. The Hall–Kier alpha value is -2.84. The van der Waals surface area contributed by atoms with Crippen LogP contribution in [0.5, 0.6) is 0 Å². The number of anilines is 1. The van der Waals surface area contributed by atoms with Crippen LogP contribution in [0.25, 0.3) is 5.65 Å². The number of hydrogen-bond acceptors (Lipinski definition) is 5. The highest BCUT2D eigenvalue weighted by Gasteiger charge is 2.28. The van der Waals surface area contributed by atoms with Crippen LogP contribution in [-0.4, -0.2) is 57.7 Å². The Balaban J connectivity index is 1.44. The van der Waals surface area contributed by atoms with E-state index in [0.717, 1.165) is 43.0 Å². The molecule has 0 saturated carbocycles. The first-order chi connectivity index (χ1) is 15.5. The third-order valence-corrected chi connectivity index (χ3v) is 6.83. The van der Waals surface area contributed by atoms with Crippen molar-refractivity contribution in [2.75, 3.05) is 37.6 Å². The van der Waals surface area contributed by atoms with E-state index in [0.29, 0.717) is 42.4 Å². The fourth-order valence-corrected chi connectivity index (χ4v) is 5.08. The van der Waals surface area contributed by atoms with Crippen LogP contribution in [0.4, 0.5) is 5.69 Å². The van der Waals surface area contributed by atoms with Gasteiger partial charge in [0.05, 0.1) is 11.8 Å². The molecule has 8 nitrogen and oxygen atoms in total. The number of nitrogens with zero attached hydrogens (tertiary/aromatic N) is 5. The van der Waals surface area contributed by atoms with E-state index in [-0.39, 0.29) is 11.5 Å². The maximum Gasteiger partial charge on any atom is 0.279 e. The fourth-order valence-electron chi connectivity index (χ4n) is 4.91. The molecule has 4 heterocycles. The average molecular weight is 455 g/mol. The number of piperazine rings is 1. The van der Waals surface area contributed by atoms with Crippen LogP contribution < -0.4 is 15.8 Å². The van der Waals surface area contributed by atoms with Crippen molar-refractivity contribution < 1.29 is 4.79 Å². The van der Waals surface area contributed by atoms with Crippen LogP contribution in [0, 0.1) is 6.92 Å². The quantitative estimate of drug-likeness (QED) is 0.656. The summed E-state index contributed by atoms with van der Waals surface area (Å²) in [5.41, 5.74) is 5.02. The van der Waals surface area contributed by atoms with Gasteiger partial charge in [0.1, 0.15) is 5.56 Å². The second-order valence-corrected chi connectivity index (χ2v) is 8.84. The molecule has 1 saturated heterocycles. The molecule has 0 bridgehead atoms. The van der Waals surface area contributed by atoms with Gasteiger partial charge in [-0.15, -0.1) is 0 Å². The molecule has 1 aromatic carbocycles. The minimum atomic E-state index is -0.132. The smallest absolute Gasteiger partial charge is 0.279 e. The van der Waals surface area contributed by atoms with Crippen LogP contribution in [0.3, 0.4) is 0 Å². The molecule has 32 heavy (non-hydrogen) atoms. The first kappa shape index (κ1) is 21.0. The Kier molecular flexibility index (Phi) is 5.43. The number of carbonyl (C=O) groups is 1. The summed E-state index contributed by atoms with van der Waals surface area (Å²) < 4.78 is 3.48. The maximum absolute atomic E-state index is 13.5. The van der Waals surface area contributed by atoms with Crippen LogP contribution in [0.2, 0.25) is 5.02 Å². The molecular formula is C23H27ClN6O2. The van der Waals surface area contributed by atoms with E-state index in [1.165, 1.54) is 10.1 Å². The zero-order chi connectivity index (χ0) is 22.4. The topological polar surface area (TPSA) is 74.9 Å². The van der Waals surface area contributed by atoms with Gasteiger partial charge >= 0.3 is 0 Å². The number of aromatic nitrogens is 3. The lowest BCUT2D eigenvalue weighted by Gasteiger charge is -2.36. The van der Waals surface area contributed by atoms with Crippen LogP contribution >= 0.6 is 11.6 Å². The number of halogens is 1. The number of benzene rings is 1. The second kappa shape index (κ2) is 8.26. The van der Waals surface area contributed by atoms with Crippen molar-refractivity contribution in [1.29, 1.82) is 0 Å². The number of nitrogens with one attached hydrogen (secondary N) is 1. The molecule has 0 aliphatic carbocycles. The molecule has 2 aliphatic heterocycles. The predicted octanol–water partition coefficient (Wildman–Crippen LogP) is 2.09. The van der Waals surface area contributed by atoms with Crippen molar-refractivity contribution in [2.45, 2.75) is 33.4 Å². The van der Waals surface area contributed by atoms with E-state index in [4.69, 9.17) is 11.6 Å². The number of fused-ring (bicyclic) bond motifs is 2. The van der Waals surface area contributed by atoms with Gasteiger partial charge < -0.3 is 19.7 Å². The average Bonchev–Trinajstić information content (AvgIpc) is 3.26. The van der Waals surface area contributed by atoms with Gasteiger partial charge in [-0.1, -0.05) is 17.7 Å². The number of aryl methyl sites for hydroxylation is 2. The fraction of sp³-hybridized carbons (Fsp3) is 0.435. The van der Waals surface area contributed by atoms with Gasteiger partial charge in [0.25, 0.3) is 11.5 Å². The lowest BCUT2D eigenvalue weighted by atomic mass is 10.1. The van der Waals surface area contributed by atoms with Gasteiger partial charge in [0, 0.05) is 68.6 Å². The highest BCUT2D eigenvalue weighted by molar-refractivity contribution is 6.30. The van der Waals surface area contributed by atoms with Crippen molar-refractivity contribution in [3.8, 4) is 0 Å². The second-order valence-electron chi connectivity index (χ2n) is 8.41. The zero-order valence-corrected chi connectivity index (χ0v) is 19.2. The molecule has 168 valence electrons. The first-order valence-electron chi connectivity index (χ1n) is 11.1. The minimum Gasteiger partial charge on any atom is -0.368 e. The minimum absolute atomic E-state index is 0.0713. The summed E-state index contributed by atoms with van der Waals surface area (Å²) >= 11 is 6.20. The van der Waals surface area contributed by atoms with Crippen LogP contribution in [-0.2, 0) is 19.5 Å². The number of hydrogen-bond donors (Lipinski definition) is 1. The summed E-state index contributed by atoms with van der Waals surface area (Å²) in [6.45, 7) is 8.83. The molecule has 0 atom stereocenters. The van der Waals surface area contributed by atoms with E-state index in [1.807, 2.05) is 30.0 Å². The van der Waals surface area contributed by atoms with Crippen LogP contribution in [0.1, 0.15) is 34.1 Å². The molecular weight excluding hydrogens is 428 g/mol. The van der Waals surface area contributed by atoms with Crippen molar-refractivity contribution in [2.24, 2.45) is 0 Å². The van der Waals surface area contributed by atoms with E-state index in [9.17, 15) is 9.59 Å². The normalized spacial score (nSPS) is 16.5. The Bertz CT molecular complexity index is 1260. The van der Waals surface area contributed by atoms with Gasteiger partial charge in [-0.25, -0.2) is 0 Å². The molecule has 9 heteroatoms. The summed E-state index contributed by atoms with van der Waals surface area (Å²) in [7, 11) is 0. The standard InChI is InChI=1S/C23H27ClN6O2/c1-3-29-19-6-7-25-13-17(19)23(32)30-21(29)18(14-26-30)22(31)28-10-8-27(9-11-28)20-12-16(24)5-4-15(20)2/h4-5,12,14,25H,3,6-11,13H2,1-2H3. The van der Waals surface area contributed by atoms with Gasteiger partial charge in [0.2, 0.25) is 0 Å². The Morgan fingerprint density at radius 2 is 2.00 bits per heavy atom. The van der Waals surface area contributed by atoms with E-state index in [2.05, 4.69) is 26.8 Å². The lowest BCUT2D eigenvalue weighted by Crippen LogP contribution is -2.49. The SMILES string of the molecule is CCn1c2c(c(=O)n3ncc(C(=O)N4CCN(c5cc(Cl)ccc5C)CC4)c13)CNCC2. The van der Waals surface area contributed by atoms with E-state index >= 15 is 0 Å². The molecule has 2 aromatic heterocycles. The predicted molar refractivity (Wildman–Crippen MR) is 125 cm³/mol. The van der Waals surface area contributed by atoms with Gasteiger partial charge in [-0.05, 0) is 31.5 Å². The molecule has 0 spiro atoms. The molecule has 5 rings (SSSR count). The summed E-state index contributed by atoms with van der Waals surface area (Å²) in [5.74, 6) is -0.0713. The molecule has 1 N–H and O–H groups in total. The van der Waals surface area contributed by atoms with Gasteiger partial charge in [-0.2, -0.15) is 9.61 Å². The molecule has 1 amide bonds. The van der Waals surface area contributed by atoms with Gasteiger partial charge in [0.15, 0.2) is 5.65 Å². The first-order valence-corrected chi connectivity index (χ1v) is 11.5. The molecule has 2 aliphatic rings. The largest absolute Gasteiger partial charge is 0.368 e. The summed E-state index contributed by atoms with van der Waals surface area (Å²) in [4.78, 5) is 30.6. The zero-order valence-electron chi connectivity index (χ0n) is 18.4. The Morgan fingerprint density at radius 1 is 1.22 bits per heavy atom. The molecule has 1 fully saturated rings. The Morgan fingerprint density at radius 3 is 2.75 bits per heavy atom. The van der Waals surface area contributed by atoms with Crippen molar-refractivity contribution in [1.82, 2.24) is 24.4 Å². The number of rotatable bonds is 3. The highest BCUT2D eigenvalue weighted by Crippen LogP contribution is 2.26. The van der Waals surface area contributed by atoms with Crippen molar-refractivity contribution in [3.63, 3.8) is 0 Å². The van der Waals surface area contributed by atoms with E-state index < -0.39 is 0 Å². The van der Waals surface area contributed by atoms with E-state index in [1.54, 1.807) is 6.20 Å². The number of carbonyl (C=O) groups excluding carboxylic acids is 1. The lowest BCUT2D eigenvalue weighted by molar-refractivity contribution is 0.0748. The summed E-state index contributed by atoms with van der Waals surface area (Å²) in [6, 6.07) is 5.90. The summed E-state index contributed by atoms with van der Waals surface area (Å²) in [5, 5.41) is 8.29. The monoisotopic (exact) mass is 454 g/mol. The maximum atomic E-state index is 13.5. The Labute approximate surface area is 191 Å². The number of amides is 1.